The topological polar surface area (TPSA) is 115 Å². The second-order valence-corrected chi connectivity index (χ2v) is 3.68. The average molecular weight is 261 g/mol. The summed E-state index contributed by atoms with van der Waals surface area (Å²) in [6.07, 6.45) is -2.82. The van der Waals surface area contributed by atoms with Crippen LogP contribution in [0.15, 0.2) is 17.2 Å². The number of hydrogen-bond acceptors (Lipinski definition) is 4. The SMILES string of the molecule is [N-]=[N+]=NCC(O)C(O)c1ccc(N)c(F)c1Cl. The van der Waals surface area contributed by atoms with E-state index in [0.29, 0.717) is 0 Å². The first kappa shape index (κ1) is 13.5. The maximum absolute atomic E-state index is 13.3. The van der Waals surface area contributed by atoms with Gasteiger partial charge in [-0.05, 0) is 11.6 Å². The Bertz CT molecular complexity index is 465. The number of anilines is 1. The molecule has 4 N–H and O–H groups in total. The fourth-order valence-electron chi connectivity index (χ4n) is 1.24. The maximum atomic E-state index is 13.3. The van der Waals surface area contributed by atoms with Crippen LogP contribution in [0.5, 0.6) is 0 Å². The van der Waals surface area contributed by atoms with Gasteiger partial charge in [0.25, 0.3) is 0 Å². The predicted octanol–water partition coefficient (Wildman–Crippen LogP) is 1.77. The van der Waals surface area contributed by atoms with Crippen molar-refractivity contribution in [2.45, 2.75) is 12.2 Å². The van der Waals surface area contributed by atoms with E-state index in [2.05, 4.69) is 10.0 Å². The Balaban J connectivity index is 3.00. The van der Waals surface area contributed by atoms with Crippen molar-refractivity contribution in [2.75, 3.05) is 12.3 Å². The number of hydrogen-bond donors (Lipinski definition) is 3. The highest BCUT2D eigenvalue weighted by molar-refractivity contribution is 6.31. The number of azide groups is 1. The number of nitrogens with zero attached hydrogens (tertiary/aromatic N) is 3. The minimum atomic E-state index is -1.46. The van der Waals surface area contributed by atoms with E-state index in [4.69, 9.17) is 22.9 Å². The lowest BCUT2D eigenvalue weighted by Gasteiger charge is -2.18. The number of nitrogen functional groups attached to an aromatic ring is 1. The van der Waals surface area contributed by atoms with Crippen molar-refractivity contribution in [3.8, 4) is 0 Å². The van der Waals surface area contributed by atoms with E-state index < -0.39 is 18.0 Å². The summed E-state index contributed by atoms with van der Waals surface area (Å²) >= 11 is 5.64. The first-order valence-corrected chi connectivity index (χ1v) is 4.97. The third kappa shape index (κ3) is 2.98. The number of benzene rings is 1. The molecule has 0 bridgehead atoms. The summed E-state index contributed by atoms with van der Waals surface area (Å²) < 4.78 is 13.3. The number of halogens is 2. The third-order valence-corrected chi connectivity index (χ3v) is 2.54. The van der Waals surface area contributed by atoms with Crippen LogP contribution in [0.4, 0.5) is 10.1 Å². The Morgan fingerprint density at radius 2 is 2.18 bits per heavy atom. The molecule has 0 aromatic heterocycles. The first-order valence-electron chi connectivity index (χ1n) is 4.59. The zero-order valence-electron chi connectivity index (χ0n) is 8.59. The lowest BCUT2D eigenvalue weighted by atomic mass is 10.0. The van der Waals surface area contributed by atoms with Gasteiger partial charge in [0.05, 0.1) is 23.4 Å². The van der Waals surface area contributed by atoms with E-state index >= 15 is 0 Å². The summed E-state index contributed by atoms with van der Waals surface area (Å²) in [7, 11) is 0. The van der Waals surface area contributed by atoms with E-state index in [1.807, 2.05) is 0 Å². The molecule has 6 nitrogen and oxygen atoms in total. The summed E-state index contributed by atoms with van der Waals surface area (Å²) in [4.78, 5) is 2.43. The number of rotatable bonds is 4. The fourth-order valence-corrected chi connectivity index (χ4v) is 1.52. The molecule has 0 spiro atoms. The lowest BCUT2D eigenvalue weighted by molar-refractivity contribution is 0.0243. The predicted molar refractivity (Wildman–Crippen MR) is 60.8 cm³/mol. The van der Waals surface area contributed by atoms with Crippen molar-refractivity contribution in [1.82, 2.24) is 0 Å². The van der Waals surface area contributed by atoms with Crippen LogP contribution in [0.25, 0.3) is 10.4 Å². The van der Waals surface area contributed by atoms with Crippen molar-refractivity contribution in [3.05, 3.63) is 39.0 Å². The van der Waals surface area contributed by atoms with Gasteiger partial charge in [0.15, 0.2) is 5.82 Å². The quantitative estimate of drug-likeness (QED) is 0.331. The largest absolute Gasteiger partial charge is 0.396 e. The molecular formula is C9H10ClFN4O2. The Morgan fingerprint density at radius 3 is 2.76 bits per heavy atom. The molecule has 0 saturated carbocycles. The highest BCUT2D eigenvalue weighted by Gasteiger charge is 2.22. The summed E-state index contributed by atoms with van der Waals surface area (Å²) in [6.45, 7) is -0.347. The zero-order chi connectivity index (χ0) is 13.0. The molecule has 1 rings (SSSR count). The molecular weight excluding hydrogens is 251 g/mol. The van der Waals surface area contributed by atoms with Gasteiger partial charge in [0.2, 0.25) is 0 Å². The van der Waals surface area contributed by atoms with Gasteiger partial charge >= 0.3 is 0 Å². The summed E-state index contributed by atoms with van der Waals surface area (Å²) in [6, 6.07) is 2.52. The van der Waals surface area contributed by atoms with Crippen LogP contribution >= 0.6 is 11.6 Å². The van der Waals surface area contributed by atoms with Crippen LogP contribution in [0.2, 0.25) is 5.02 Å². The molecule has 0 aliphatic carbocycles. The molecule has 0 aliphatic heterocycles. The summed E-state index contributed by atoms with van der Waals surface area (Å²) in [5.74, 6) is -0.862. The second-order valence-electron chi connectivity index (χ2n) is 3.30. The van der Waals surface area contributed by atoms with Crippen molar-refractivity contribution in [1.29, 1.82) is 0 Å². The van der Waals surface area contributed by atoms with E-state index in [0.717, 1.165) is 0 Å². The molecule has 0 aliphatic rings. The summed E-state index contributed by atoms with van der Waals surface area (Å²) in [5.41, 5.74) is 13.2. The van der Waals surface area contributed by atoms with Crippen molar-refractivity contribution in [2.24, 2.45) is 5.11 Å². The second kappa shape index (κ2) is 5.70. The highest BCUT2D eigenvalue weighted by Crippen LogP contribution is 2.30. The Morgan fingerprint density at radius 1 is 1.53 bits per heavy atom. The standard InChI is InChI=1S/C9H10ClFN4O2/c10-7-4(1-2-5(12)8(7)11)9(17)6(16)3-14-15-13/h1-2,6,9,16-17H,3,12H2. The normalized spacial score (nSPS) is 13.9. The van der Waals surface area contributed by atoms with Gasteiger partial charge in [-0.1, -0.05) is 22.8 Å². The molecule has 17 heavy (non-hydrogen) atoms. The number of aliphatic hydroxyl groups excluding tert-OH is 2. The Hall–Kier alpha value is -1.53. The minimum Gasteiger partial charge on any atom is -0.396 e. The van der Waals surface area contributed by atoms with Gasteiger partial charge in [0, 0.05) is 10.5 Å². The lowest BCUT2D eigenvalue weighted by Crippen LogP contribution is -2.21. The fraction of sp³-hybridized carbons (Fsp3) is 0.333. The molecule has 0 fully saturated rings. The minimum absolute atomic E-state index is 0.0148. The number of nitrogens with two attached hydrogens (primary N) is 1. The monoisotopic (exact) mass is 260 g/mol. The van der Waals surface area contributed by atoms with E-state index in [9.17, 15) is 14.6 Å². The van der Waals surface area contributed by atoms with Crippen molar-refractivity contribution < 1.29 is 14.6 Å². The molecule has 2 unspecified atom stereocenters. The van der Waals surface area contributed by atoms with Gasteiger partial charge in [-0.15, -0.1) is 0 Å². The first-order chi connectivity index (χ1) is 7.99. The summed E-state index contributed by atoms with van der Waals surface area (Å²) in [5, 5.41) is 21.9. The van der Waals surface area contributed by atoms with Gasteiger partial charge in [-0.2, -0.15) is 0 Å². The molecule has 0 radical (unpaired) electrons. The molecule has 0 amide bonds. The number of aliphatic hydroxyl groups is 2. The molecule has 1 aromatic carbocycles. The van der Waals surface area contributed by atoms with E-state index in [1.54, 1.807) is 0 Å². The molecule has 8 heteroatoms. The smallest absolute Gasteiger partial charge is 0.165 e. The van der Waals surface area contributed by atoms with Gasteiger partial charge in [0.1, 0.15) is 6.10 Å². The van der Waals surface area contributed by atoms with Crippen LogP contribution in [0, 0.1) is 5.82 Å². The van der Waals surface area contributed by atoms with Crippen LogP contribution < -0.4 is 5.73 Å². The van der Waals surface area contributed by atoms with Crippen molar-refractivity contribution in [3.63, 3.8) is 0 Å². The van der Waals surface area contributed by atoms with Gasteiger partial charge in [-0.25, -0.2) is 4.39 Å². The van der Waals surface area contributed by atoms with Crippen LogP contribution in [-0.4, -0.2) is 22.9 Å². The Labute approximate surface area is 101 Å². The van der Waals surface area contributed by atoms with E-state index in [-0.39, 0.29) is 22.8 Å². The third-order valence-electron chi connectivity index (χ3n) is 2.16. The maximum Gasteiger partial charge on any atom is 0.165 e. The van der Waals surface area contributed by atoms with Gasteiger partial charge < -0.3 is 15.9 Å². The molecule has 92 valence electrons. The van der Waals surface area contributed by atoms with Crippen LogP contribution in [0.1, 0.15) is 11.7 Å². The highest BCUT2D eigenvalue weighted by atomic mass is 35.5. The zero-order valence-corrected chi connectivity index (χ0v) is 9.34. The molecule has 1 aromatic rings. The van der Waals surface area contributed by atoms with Gasteiger partial charge in [-0.3, -0.25) is 0 Å². The average Bonchev–Trinajstić information content (AvgIpc) is 2.32. The molecule has 2 atom stereocenters. The van der Waals surface area contributed by atoms with E-state index in [1.165, 1.54) is 12.1 Å². The van der Waals surface area contributed by atoms with Crippen LogP contribution in [0.3, 0.4) is 0 Å². The molecule has 0 heterocycles. The Kier molecular flexibility index (Phi) is 4.53. The van der Waals surface area contributed by atoms with Crippen molar-refractivity contribution >= 4 is 17.3 Å². The molecule has 0 saturated heterocycles. The van der Waals surface area contributed by atoms with Crippen LogP contribution in [-0.2, 0) is 0 Å².